The van der Waals surface area contributed by atoms with E-state index in [0.29, 0.717) is 31.7 Å². The van der Waals surface area contributed by atoms with Gasteiger partial charge in [-0.25, -0.2) is 13.1 Å². The van der Waals surface area contributed by atoms with Crippen LogP contribution in [0.2, 0.25) is 0 Å². The molecule has 7 heteroatoms. The van der Waals surface area contributed by atoms with Crippen molar-refractivity contribution >= 4 is 10.0 Å². The van der Waals surface area contributed by atoms with E-state index in [0.717, 1.165) is 6.42 Å². The standard InChI is InChI=1S/C14H26N2O4S/c1-14(2,3)15-11-12-7-8-13(20-12)21(18,19)16-9-5-4-6-10-17/h7-8,15-17H,4-6,9-11H2,1-3H3. The number of unbranched alkanes of at least 4 members (excludes halogenated alkanes) is 2. The molecule has 0 radical (unpaired) electrons. The van der Waals surface area contributed by atoms with E-state index in [-0.39, 0.29) is 17.2 Å². The molecule has 0 aliphatic carbocycles. The summed E-state index contributed by atoms with van der Waals surface area (Å²) in [6.07, 6.45) is 2.17. The van der Waals surface area contributed by atoms with Crippen molar-refractivity contribution in [3.63, 3.8) is 0 Å². The van der Waals surface area contributed by atoms with Crippen LogP contribution in [0, 0.1) is 0 Å². The average molecular weight is 318 g/mol. The molecule has 1 aromatic rings. The van der Waals surface area contributed by atoms with Gasteiger partial charge in [0.15, 0.2) is 0 Å². The summed E-state index contributed by atoms with van der Waals surface area (Å²) in [5, 5.41) is 11.8. The first-order chi connectivity index (χ1) is 9.74. The fourth-order valence-corrected chi connectivity index (χ4v) is 2.66. The second-order valence-corrected chi connectivity index (χ2v) is 7.70. The molecule has 0 saturated carbocycles. The third kappa shape index (κ3) is 7.08. The highest BCUT2D eigenvalue weighted by molar-refractivity contribution is 7.89. The number of aliphatic hydroxyl groups excluding tert-OH is 1. The Kier molecular flexibility index (Phi) is 6.86. The van der Waals surface area contributed by atoms with E-state index in [1.807, 2.05) is 20.8 Å². The van der Waals surface area contributed by atoms with Crippen LogP contribution in [-0.2, 0) is 16.6 Å². The number of hydrogen-bond acceptors (Lipinski definition) is 5. The van der Waals surface area contributed by atoms with Gasteiger partial charge in [0, 0.05) is 18.7 Å². The van der Waals surface area contributed by atoms with Crippen LogP contribution in [0.5, 0.6) is 0 Å². The number of rotatable bonds is 9. The predicted molar refractivity (Wildman–Crippen MR) is 81.4 cm³/mol. The average Bonchev–Trinajstić information content (AvgIpc) is 2.85. The summed E-state index contributed by atoms with van der Waals surface area (Å²) in [7, 11) is -3.59. The molecule has 0 saturated heterocycles. The molecule has 0 atom stereocenters. The number of furan rings is 1. The maximum atomic E-state index is 12.0. The summed E-state index contributed by atoms with van der Waals surface area (Å²) < 4.78 is 31.9. The molecular formula is C14H26N2O4S. The van der Waals surface area contributed by atoms with Gasteiger partial charge in [0.1, 0.15) is 5.76 Å². The van der Waals surface area contributed by atoms with Gasteiger partial charge in [0.2, 0.25) is 5.09 Å². The maximum Gasteiger partial charge on any atom is 0.273 e. The first kappa shape index (κ1) is 18.2. The summed E-state index contributed by atoms with van der Waals surface area (Å²) in [5.41, 5.74) is -0.0587. The minimum Gasteiger partial charge on any atom is -0.447 e. The molecule has 0 aromatic carbocycles. The zero-order valence-corrected chi connectivity index (χ0v) is 13.8. The van der Waals surface area contributed by atoms with Gasteiger partial charge in [-0.2, -0.15) is 0 Å². The Morgan fingerprint density at radius 2 is 1.90 bits per heavy atom. The van der Waals surface area contributed by atoms with Crippen molar-refractivity contribution in [3.05, 3.63) is 17.9 Å². The van der Waals surface area contributed by atoms with E-state index in [2.05, 4.69) is 10.0 Å². The van der Waals surface area contributed by atoms with Gasteiger partial charge in [-0.1, -0.05) is 0 Å². The van der Waals surface area contributed by atoms with Crippen LogP contribution in [0.3, 0.4) is 0 Å². The molecule has 0 unspecified atom stereocenters. The molecule has 6 nitrogen and oxygen atoms in total. The van der Waals surface area contributed by atoms with Crippen molar-refractivity contribution in [2.75, 3.05) is 13.2 Å². The molecule has 0 amide bonds. The zero-order valence-electron chi connectivity index (χ0n) is 13.0. The van der Waals surface area contributed by atoms with Gasteiger partial charge in [0.05, 0.1) is 6.54 Å². The Balaban J connectivity index is 2.50. The summed E-state index contributed by atoms with van der Waals surface area (Å²) >= 11 is 0. The Labute approximate surface area is 127 Å². The van der Waals surface area contributed by atoms with E-state index < -0.39 is 10.0 Å². The predicted octanol–water partition coefficient (Wildman–Crippen LogP) is 1.61. The normalized spacial score (nSPS) is 12.8. The topological polar surface area (TPSA) is 91.6 Å². The minimum atomic E-state index is -3.59. The number of sulfonamides is 1. The lowest BCUT2D eigenvalue weighted by molar-refractivity contribution is 0.283. The first-order valence-electron chi connectivity index (χ1n) is 7.19. The van der Waals surface area contributed by atoms with Crippen molar-refractivity contribution < 1.29 is 17.9 Å². The van der Waals surface area contributed by atoms with E-state index in [1.54, 1.807) is 6.07 Å². The maximum absolute atomic E-state index is 12.0. The van der Waals surface area contributed by atoms with Crippen LogP contribution in [0.4, 0.5) is 0 Å². The van der Waals surface area contributed by atoms with Gasteiger partial charge in [-0.3, -0.25) is 0 Å². The summed E-state index contributed by atoms with van der Waals surface area (Å²) in [6.45, 7) is 7.05. The van der Waals surface area contributed by atoms with Gasteiger partial charge >= 0.3 is 0 Å². The second-order valence-electron chi connectivity index (χ2n) is 6.01. The molecule has 0 bridgehead atoms. The summed E-state index contributed by atoms with van der Waals surface area (Å²) in [5.74, 6) is 0.589. The van der Waals surface area contributed by atoms with Gasteiger partial charge in [-0.05, 0) is 52.2 Å². The molecule has 1 rings (SSSR count). The van der Waals surface area contributed by atoms with E-state index >= 15 is 0 Å². The third-order valence-electron chi connectivity index (χ3n) is 2.82. The minimum absolute atomic E-state index is 0.0587. The van der Waals surface area contributed by atoms with Crippen LogP contribution < -0.4 is 10.0 Å². The van der Waals surface area contributed by atoms with Crippen molar-refractivity contribution in [1.29, 1.82) is 0 Å². The van der Waals surface area contributed by atoms with Crippen LogP contribution in [-0.4, -0.2) is 32.2 Å². The quantitative estimate of drug-likeness (QED) is 0.602. The van der Waals surface area contributed by atoms with Crippen molar-refractivity contribution in [2.24, 2.45) is 0 Å². The highest BCUT2D eigenvalue weighted by Crippen LogP contribution is 2.14. The smallest absolute Gasteiger partial charge is 0.273 e. The molecule has 0 aliphatic heterocycles. The van der Waals surface area contributed by atoms with Gasteiger partial charge in [0.25, 0.3) is 10.0 Å². The van der Waals surface area contributed by atoms with E-state index in [9.17, 15) is 8.42 Å². The lowest BCUT2D eigenvalue weighted by Gasteiger charge is -2.19. The zero-order chi connectivity index (χ0) is 15.9. The number of aliphatic hydroxyl groups is 1. The molecule has 0 fully saturated rings. The van der Waals surface area contributed by atoms with Crippen LogP contribution >= 0.6 is 0 Å². The SMILES string of the molecule is CC(C)(C)NCc1ccc(S(=O)(=O)NCCCCCO)o1. The van der Waals surface area contributed by atoms with E-state index in [1.165, 1.54) is 6.07 Å². The Bertz CT molecular complexity index is 517. The lowest BCUT2D eigenvalue weighted by Crippen LogP contribution is -2.34. The largest absolute Gasteiger partial charge is 0.447 e. The van der Waals surface area contributed by atoms with Crippen molar-refractivity contribution in [1.82, 2.24) is 10.0 Å². The molecule has 1 aromatic heterocycles. The van der Waals surface area contributed by atoms with E-state index in [4.69, 9.17) is 9.52 Å². The fraction of sp³-hybridized carbons (Fsp3) is 0.714. The molecule has 122 valence electrons. The van der Waals surface area contributed by atoms with Gasteiger partial charge < -0.3 is 14.8 Å². The Hall–Kier alpha value is -0.890. The molecular weight excluding hydrogens is 292 g/mol. The van der Waals surface area contributed by atoms with Crippen LogP contribution in [0.15, 0.2) is 21.6 Å². The van der Waals surface area contributed by atoms with Crippen molar-refractivity contribution in [3.8, 4) is 0 Å². The lowest BCUT2D eigenvalue weighted by atomic mass is 10.1. The summed E-state index contributed by atoms with van der Waals surface area (Å²) in [4.78, 5) is 0. The van der Waals surface area contributed by atoms with Crippen LogP contribution in [0.25, 0.3) is 0 Å². The monoisotopic (exact) mass is 318 g/mol. The fourth-order valence-electron chi connectivity index (χ4n) is 1.64. The van der Waals surface area contributed by atoms with Crippen LogP contribution in [0.1, 0.15) is 45.8 Å². The Morgan fingerprint density at radius 1 is 1.19 bits per heavy atom. The number of nitrogens with one attached hydrogen (secondary N) is 2. The Morgan fingerprint density at radius 3 is 2.52 bits per heavy atom. The summed E-state index contributed by atoms with van der Waals surface area (Å²) in [6, 6.07) is 3.13. The highest BCUT2D eigenvalue weighted by atomic mass is 32.2. The molecule has 1 heterocycles. The highest BCUT2D eigenvalue weighted by Gasteiger charge is 2.18. The molecule has 3 N–H and O–H groups in total. The molecule has 0 aliphatic rings. The second kappa shape index (κ2) is 7.93. The van der Waals surface area contributed by atoms with Gasteiger partial charge in [-0.15, -0.1) is 0 Å². The third-order valence-corrected chi connectivity index (χ3v) is 4.16. The number of hydrogen-bond donors (Lipinski definition) is 3. The molecule has 0 spiro atoms. The van der Waals surface area contributed by atoms with Crippen molar-refractivity contribution in [2.45, 2.75) is 57.2 Å². The molecule has 21 heavy (non-hydrogen) atoms. The first-order valence-corrected chi connectivity index (χ1v) is 8.67.